The zero-order chi connectivity index (χ0) is 33.2. The highest BCUT2D eigenvalue weighted by atomic mass is 16.5. The van der Waals surface area contributed by atoms with Crippen molar-refractivity contribution in [1.29, 1.82) is 0 Å². The van der Waals surface area contributed by atoms with Crippen molar-refractivity contribution in [1.82, 2.24) is 5.32 Å². The summed E-state index contributed by atoms with van der Waals surface area (Å²) in [5, 5.41) is 11.7. The van der Waals surface area contributed by atoms with Gasteiger partial charge in [0, 0.05) is 32.6 Å². The van der Waals surface area contributed by atoms with Crippen molar-refractivity contribution in [2.24, 2.45) is 5.92 Å². The number of aliphatic carboxylic acids is 1. The van der Waals surface area contributed by atoms with Gasteiger partial charge in [0.2, 0.25) is 5.91 Å². The minimum atomic E-state index is -0.670. The Balaban J connectivity index is 3.50. The average molecular weight is 636 g/mol. The lowest BCUT2D eigenvalue weighted by atomic mass is 9.90. The van der Waals surface area contributed by atoms with Gasteiger partial charge in [-0.25, -0.2) is 0 Å². The molecule has 0 aromatic heterocycles. The second kappa shape index (κ2) is 33.7. The molecule has 0 rings (SSSR count). The number of unbranched alkanes of at least 4 members (excludes halogenated alkanes) is 19. The third-order valence-electron chi connectivity index (χ3n) is 8.60. The van der Waals surface area contributed by atoms with E-state index in [9.17, 15) is 9.59 Å². The molecule has 0 aliphatic carbocycles. The molecule has 0 aliphatic rings. The molecule has 6 nitrogen and oxygen atoms in total. The molecular weight excluding hydrogens is 562 g/mol. The summed E-state index contributed by atoms with van der Waals surface area (Å²) in [5.41, 5.74) is 2.30. The minimum Gasteiger partial charge on any atom is -0.481 e. The third kappa shape index (κ3) is 35.0. The van der Waals surface area contributed by atoms with Crippen molar-refractivity contribution >= 4 is 11.9 Å². The Morgan fingerprint density at radius 3 is 1.49 bits per heavy atom. The molecule has 1 unspecified atom stereocenters. The van der Waals surface area contributed by atoms with Crippen molar-refractivity contribution in [3.8, 4) is 0 Å². The maximum Gasteiger partial charge on any atom is 0.303 e. The summed E-state index contributed by atoms with van der Waals surface area (Å²) >= 11 is 0. The van der Waals surface area contributed by atoms with E-state index in [4.69, 9.17) is 14.6 Å². The van der Waals surface area contributed by atoms with E-state index >= 15 is 0 Å². The van der Waals surface area contributed by atoms with E-state index in [1.807, 2.05) is 6.92 Å². The zero-order valence-corrected chi connectivity index (χ0v) is 29.8. The molecule has 0 saturated carbocycles. The van der Waals surface area contributed by atoms with Crippen LogP contribution in [-0.2, 0) is 19.1 Å². The van der Waals surface area contributed by atoms with Crippen LogP contribution in [-0.4, -0.2) is 50.0 Å². The fraction of sp³-hybridized carbons (Fsp3) is 0.846. The lowest BCUT2D eigenvalue weighted by Gasteiger charge is -2.17. The lowest BCUT2D eigenvalue weighted by molar-refractivity contribution is -0.137. The van der Waals surface area contributed by atoms with Crippen molar-refractivity contribution in [3.63, 3.8) is 0 Å². The number of amides is 1. The van der Waals surface area contributed by atoms with Crippen LogP contribution in [0.4, 0.5) is 0 Å². The number of nitrogens with one attached hydrogen (secondary N) is 1. The number of carboxylic acids is 1. The maximum absolute atomic E-state index is 12.3. The number of carboxylic acid groups (broad SMARTS) is 1. The lowest BCUT2D eigenvalue weighted by Crippen LogP contribution is -2.27. The van der Waals surface area contributed by atoms with E-state index in [1.165, 1.54) is 115 Å². The SMILES string of the molecule is C=C(C)COCCCCCCCCCOCCNC(=O)CCC(CCCCCCCCCCCCCCCCC(=O)O)C(=C)C. The predicted octanol–water partition coefficient (Wildman–Crippen LogP) is 10.7. The highest BCUT2D eigenvalue weighted by Crippen LogP contribution is 2.23. The first-order valence-electron chi connectivity index (χ1n) is 18.8. The Bertz CT molecular complexity index is 722. The van der Waals surface area contributed by atoms with Crippen LogP contribution in [0.15, 0.2) is 24.3 Å². The van der Waals surface area contributed by atoms with Crippen LogP contribution >= 0.6 is 0 Å². The number of rotatable bonds is 36. The van der Waals surface area contributed by atoms with Crippen LogP contribution < -0.4 is 5.32 Å². The standard InChI is InChI=1S/C39H73NO5/c1-35(2)34-45-32-25-21-17-13-16-20-24-31-44-33-30-40-38(41)29-28-37(36(3)4)26-22-18-14-11-9-7-5-6-8-10-12-15-19-23-27-39(42)43/h37H,1,3,5-34H2,2,4H3,(H,40,41)(H,42,43). The van der Waals surface area contributed by atoms with Gasteiger partial charge in [-0.3, -0.25) is 9.59 Å². The van der Waals surface area contributed by atoms with Gasteiger partial charge in [-0.1, -0.05) is 140 Å². The summed E-state index contributed by atoms with van der Waals surface area (Å²) in [6, 6.07) is 0. The molecule has 0 bridgehead atoms. The molecule has 0 aromatic carbocycles. The summed E-state index contributed by atoms with van der Waals surface area (Å²) in [5.74, 6) is -0.0964. The number of ether oxygens (including phenoxy) is 2. The molecule has 45 heavy (non-hydrogen) atoms. The molecule has 2 N–H and O–H groups in total. The fourth-order valence-electron chi connectivity index (χ4n) is 5.72. The van der Waals surface area contributed by atoms with Crippen molar-refractivity contribution < 1.29 is 24.2 Å². The number of hydrogen-bond donors (Lipinski definition) is 2. The first-order valence-corrected chi connectivity index (χ1v) is 18.8. The Hall–Kier alpha value is -1.66. The topological polar surface area (TPSA) is 84.9 Å². The second-order valence-corrected chi connectivity index (χ2v) is 13.4. The van der Waals surface area contributed by atoms with E-state index in [0.29, 0.717) is 38.5 Å². The Labute approximate surface area is 278 Å². The molecule has 1 amide bonds. The fourth-order valence-corrected chi connectivity index (χ4v) is 5.72. The number of hydrogen-bond acceptors (Lipinski definition) is 4. The molecular formula is C39H73NO5. The molecule has 0 heterocycles. The summed E-state index contributed by atoms with van der Waals surface area (Å²) in [6.07, 6.45) is 28.9. The Kier molecular flexibility index (Phi) is 32.5. The largest absolute Gasteiger partial charge is 0.481 e. The van der Waals surface area contributed by atoms with Crippen LogP contribution in [0.3, 0.4) is 0 Å². The zero-order valence-electron chi connectivity index (χ0n) is 29.8. The molecule has 0 radical (unpaired) electrons. The molecule has 0 spiro atoms. The Morgan fingerprint density at radius 1 is 0.578 bits per heavy atom. The van der Waals surface area contributed by atoms with Gasteiger partial charge >= 0.3 is 5.97 Å². The summed E-state index contributed by atoms with van der Waals surface area (Å²) in [4.78, 5) is 22.8. The van der Waals surface area contributed by atoms with Crippen LogP contribution in [0.5, 0.6) is 0 Å². The molecule has 6 heteroatoms. The van der Waals surface area contributed by atoms with Gasteiger partial charge in [0.1, 0.15) is 0 Å². The molecule has 0 aromatic rings. The molecule has 264 valence electrons. The van der Waals surface area contributed by atoms with Crippen molar-refractivity contribution in [2.75, 3.05) is 33.0 Å². The quantitative estimate of drug-likeness (QED) is 0.0528. The van der Waals surface area contributed by atoms with Gasteiger partial charge in [0.15, 0.2) is 0 Å². The van der Waals surface area contributed by atoms with Crippen LogP contribution in [0.25, 0.3) is 0 Å². The molecule has 0 saturated heterocycles. The molecule has 0 fully saturated rings. The molecule has 0 aliphatic heterocycles. The van der Waals surface area contributed by atoms with Gasteiger partial charge in [-0.05, 0) is 51.9 Å². The van der Waals surface area contributed by atoms with Crippen LogP contribution in [0.2, 0.25) is 0 Å². The highest BCUT2D eigenvalue weighted by Gasteiger charge is 2.12. The van der Waals surface area contributed by atoms with E-state index in [0.717, 1.165) is 57.3 Å². The van der Waals surface area contributed by atoms with Crippen LogP contribution in [0, 0.1) is 5.92 Å². The Morgan fingerprint density at radius 2 is 1.02 bits per heavy atom. The maximum atomic E-state index is 12.3. The van der Waals surface area contributed by atoms with Gasteiger partial charge in [-0.2, -0.15) is 0 Å². The van der Waals surface area contributed by atoms with E-state index in [2.05, 4.69) is 25.4 Å². The average Bonchev–Trinajstić information content (AvgIpc) is 2.99. The summed E-state index contributed by atoms with van der Waals surface area (Å²) < 4.78 is 11.2. The minimum absolute atomic E-state index is 0.130. The highest BCUT2D eigenvalue weighted by molar-refractivity contribution is 5.75. The normalized spacial score (nSPS) is 11.9. The van der Waals surface area contributed by atoms with Gasteiger partial charge in [0.25, 0.3) is 0 Å². The number of allylic oxidation sites excluding steroid dienone is 1. The van der Waals surface area contributed by atoms with Gasteiger partial charge < -0.3 is 19.9 Å². The second-order valence-electron chi connectivity index (χ2n) is 13.4. The smallest absolute Gasteiger partial charge is 0.303 e. The summed E-state index contributed by atoms with van der Waals surface area (Å²) in [6.45, 7) is 15.7. The number of carbonyl (C=O) groups excluding carboxylic acids is 1. The summed E-state index contributed by atoms with van der Waals surface area (Å²) in [7, 11) is 0. The monoisotopic (exact) mass is 636 g/mol. The van der Waals surface area contributed by atoms with E-state index in [-0.39, 0.29) is 5.91 Å². The van der Waals surface area contributed by atoms with Gasteiger partial charge in [-0.15, -0.1) is 0 Å². The first kappa shape index (κ1) is 43.3. The van der Waals surface area contributed by atoms with Crippen molar-refractivity contribution in [2.45, 2.75) is 174 Å². The van der Waals surface area contributed by atoms with E-state index < -0.39 is 5.97 Å². The third-order valence-corrected chi connectivity index (χ3v) is 8.60. The van der Waals surface area contributed by atoms with Crippen molar-refractivity contribution in [3.05, 3.63) is 24.3 Å². The van der Waals surface area contributed by atoms with E-state index in [1.54, 1.807) is 0 Å². The number of carbonyl (C=O) groups is 2. The first-order chi connectivity index (χ1) is 21.8. The van der Waals surface area contributed by atoms with Crippen LogP contribution in [0.1, 0.15) is 174 Å². The molecule has 1 atom stereocenters. The van der Waals surface area contributed by atoms with Gasteiger partial charge in [0.05, 0.1) is 13.2 Å². The predicted molar refractivity (Wildman–Crippen MR) is 191 cm³/mol.